The van der Waals surface area contributed by atoms with Crippen molar-refractivity contribution in [1.29, 1.82) is 0 Å². The van der Waals surface area contributed by atoms with Crippen LogP contribution in [0.1, 0.15) is 13.8 Å². The van der Waals surface area contributed by atoms with Crippen LogP contribution in [0.15, 0.2) is 115 Å². The Balaban J connectivity index is 1.31. The molecule has 4 aromatic carbocycles. The van der Waals surface area contributed by atoms with Gasteiger partial charge in [0, 0.05) is 23.5 Å². The molecule has 5 aromatic rings. The largest absolute Gasteiger partial charge is 0.491 e. The van der Waals surface area contributed by atoms with Gasteiger partial charge in [0.2, 0.25) is 11.9 Å². The molecular weight excluding hydrogens is 707 g/mol. The zero-order valence-corrected chi connectivity index (χ0v) is 28.4. The minimum absolute atomic E-state index is 0.00350. The lowest BCUT2D eigenvalue weighted by Crippen LogP contribution is -2.04. The molecule has 20 heteroatoms. The van der Waals surface area contributed by atoms with E-state index in [-0.39, 0.29) is 21.7 Å². The van der Waals surface area contributed by atoms with E-state index in [0.717, 1.165) is 0 Å². The van der Waals surface area contributed by atoms with E-state index in [1.165, 1.54) is 48.5 Å². The number of benzene rings is 4. The molecule has 264 valence electrons. The second-order valence-electron chi connectivity index (χ2n) is 10.1. The highest BCUT2D eigenvalue weighted by Crippen LogP contribution is 2.35. The van der Waals surface area contributed by atoms with E-state index in [1.54, 1.807) is 50.2 Å². The molecule has 5 N–H and O–H groups in total. The Labute approximate surface area is 291 Å². The summed E-state index contributed by atoms with van der Waals surface area (Å²) in [6, 6.07) is 19.6. The predicted molar refractivity (Wildman–Crippen MR) is 184 cm³/mol. The van der Waals surface area contributed by atoms with Gasteiger partial charge in [0.05, 0.1) is 34.4 Å². The van der Waals surface area contributed by atoms with Crippen LogP contribution in [0.2, 0.25) is 0 Å². The van der Waals surface area contributed by atoms with Crippen LogP contribution in [0.4, 0.5) is 46.0 Å². The molecule has 0 atom stereocenters. The van der Waals surface area contributed by atoms with Gasteiger partial charge in [-0.2, -0.15) is 42.0 Å². The number of azo groups is 2. The van der Waals surface area contributed by atoms with Crippen LogP contribution in [0.25, 0.3) is 0 Å². The van der Waals surface area contributed by atoms with Crippen molar-refractivity contribution in [3.05, 3.63) is 84.9 Å². The molecule has 0 saturated heterocycles. The Morgan fingerprint density at radius 2 is 0.980 bits per heavy atom. The van der Waals surface area contributed by atoms with Crippen molar-refractivity contribution in [3.8, 4) is 17.5 Å². The van der Waals surface area contributed by atoms with Gasteiger partial charge >= 0.3 is 6.01 Å². The number of anilines is 4. The highest BCUT2D eigenvalue weighted by atomic mass is 32.2. The van der Waals surface area contributed by atoms with Gasteiger partial charge in [0.25, 0.3) is 20.2 Å². The highest BCUT2D eigenvalue weighted by Gasteiger charge is 2.13. The fourth-order valence-electron chi connectivity index (χ4n) is 4.22. The number of rotatable bonds is 14. The molecule has 0 fully saturated rings. The summed E-state index contributed by atoms with van der Waals surface area (Å²) in [4.78, 5) is 11.7. The summed E-state index contributed by atoms with van der Waals surface area (Å²) in [5.74, 6) is 0.703. The van der Waals surface area contributed by atoms with E-state index in [4.69, 9.17) is 18.6 Å². The van der Waals surface area contributed by atoms with Crippen LogP contribution in [0, 0.1) is 0 Å². The van der Waals surface area contributed by atoms with Gasteiger partial charge in [-0.05, 0) is 86.6 Å². The van der Waals surface area contributed by atoms with Gasteiger partial charge in [0.1, 0.15) is 22.9 Å². The third-order valence-electron chi connectivity index (χ3n) is 6.47. The van der Waals surface area contributed by atoms with E-state index in [0.29, 0.717) is 58.8 Å². The summed E-state index contributed by atoms with van der Waals surface area (Å²) >= 11 is 0. The quantitative estimate of drug-likeness (QED) is 0.0559. The predicted octanol–water partition coefficient (Wildman–Crippen LogP) is 7.19. The minimum Gasteiger partial charge on any atom is -0.491 e. The average Bonchev–Trinajstić information content (AvgIpc) is 3.07. The van der Waals surface area contributed by atoms with Gasteiger partial charge in [-0.3, -0.25) is 9.11 Å². The van der Waals surface area contributed by atoms with Gasteiger partial charge in [-0.25, -0.2) is 0 Å². The first-order valence-corrected chi connectivity index (χ1v) is 17.7. The first kappa shape index (κ1) is 36.2. The van der Waals surface area contributed by atoms with Crippen LogP contribution < -0.4 is 20.1 Å². The molecule has 51 heavy (non-hydrogen) atoms. The summed E-state index contributed by atoms with van der Waals surface area (Å²) in [5, 5.41) is 32.8. The Morgan fingerprint density at radius 3 is 1.33 bits per heavy atom. The lowest BCUT2D eigenvalue weighted by molar-refractivity contribution is 0.341. The molecule has 0 amide bonds. The van der Waals surface area contributed by atoms with Crippen LogP contribution in [-0.2, 0) is 20.2 Å². The van der Waals surface area contributed by atoms with Crippen molar-refractivity contribution in [2.75, 3.05) is 23.8 Å². The van der Waals surface area contributed by atoms with Crippen LogP contribution in [0.3, 0.4) is 0 Å². The highest BCUT2D eigenvalue weighted by molar-refractivity contribution is 7.86. The van der Waals surface area contributed by atoms with Crippen molar-refractivity contribution in [2.45, 2.75) is 23.6 Å². The molecule has 0 bridgehead atoms. The summed E-state index contributed by atoms with van der Waals surface area (Å²) < 4.78 is 74.8. The molecule has 1 heterocycles. The maximum atomic E-state index is 11.3. The number of nitrogens with zero attached hydrogens (tertiary/aromatic N) is 7. The van der Waals surface area contributed by atoms with E-state index in [9.17, 15) is 21.9 Å². The molecule has 0 spiro atoms. The summed E-state index contributed by atoms with van der Waals surface area (Å²) in [7, 11) is -8.67. The Kier molecular flexibility index (Phi) is 11.1. The standard InChI is InChI=1S/C31H29N9O9S2/c1-3-48-27-17-21(9-15-25(27)39-37-19-5-11-23(12-6-19)50(42,43)44)32-29-34-30(36-31(41)35-29)33-22-10-16-26(28(18-22)49-4-2)40-38-20-7-13-24(14-8-20)51(45,46)47/h5-18H,3-4H2,1-2H3,(H,42,43,44)(H,45,46,47)(H3,32,33,34,35,36,41)/b39-37+,40-38+. The smallest absolute Gasteiger partial charge is 0.320 e. The Hall–Kier alpha value is -6.09. The lowest BCUT2D eigenvalue weighted by Gasteiger charge is -2.12. The first-order valence-electron chi connectivity index (χ1n) is 14.8. The van der Waals surface area contributed by atoms with Crippen LogP contribution >= 0.6 is 0 Å². The molecule has 0 unspecified atom stereocenters. The van der Waals surface area contributed by atoms with Crippen molar-refractivity contribution >= 4 is 66.3 Å². The Bertz CT molecular complexity index is 2150. The normalized spacial score (nSPS) is 11.9. The van der Waals surface area contributed by atoms with E-state index in [1.807, 2.05) is 0 Å². The van der Waals surface area contributed by atoms with E-state index in [2.05, 4.69) is 46.0 Å². The van der Waals surface area contributed by atoms with Gasteiger partial charge < -0.3 is 25.2 Å². The number of hydrogen-bond acceptors (Lipinski definition) is 16. The molecule has 0 saturated carbocycles. The molecular formula is C31H29N9O9S2. The number of aromatic nitrogens is 3. The van der Waals surface area contributed by atoms with Crippen LogP contribution in [-0.4, -0.2) is 59.2 Å². The van der Waals surface area contributed by atoms with Gasteiger partial charge in [-0.15, -0.1) is 10.2 Å². The third-order valence-corrected chi connectivity index (χ3v) is 8.21. The second kappa shape index (κ2) is 15.6. The Morgan fingerprint density at radius 1 is 0.588 bits per heavy atom. The number of aromatic hydroxyl groups is 1. The molecule has 0 aliphatic carbocycles. The van der Waals surface area contributed by atoms with Crippen molar-refractivity contribution in [1.82, 2.24) is 15.0 Å². The topological polar surface area (TPSA) is 260 Å². The zero-order chi connectivity index (χ0) is 36.6. The van der Waals surface area contributed by atoms with E-state index < -0.39 is 26.2 Å². The number of ether oxygens (including phenoxy) is 2. The fraction of sp³-hybridized carbons (Fsp3) is 0.129. The molecule has 18 nitrogen and oxygen atoms in total. The van der Waals surface area contributed by atoms with E-state index >= 15 is 0 Å². The minimum atomic E-state index is -4.33. The summed E-state index contributed by atoms with van der Waals surface area (Å²) in [6.45, 7) is 4.20. The zero-order valence-electron chi connectivity index (χ0n) is 26.7. The van der Waals surface area contributed by atoms with Crippen LogP contribution in [0.5, 0.6) is 17.5 Å². The van der Waals surface area contributed by atoms with Gasteiger partial charge in [-0.1, -0.05) is 0 Å². The molecule has 0 radical (unpaired) electrons. The maximum absolute atomic E-state index is 11.3. The van der Waals surface area contributed by atoms with Gasteiger partial charge in [0.15, 0.2) is 0 Å². The molecule has 1 aromatic heterocycles. The lowest BCUT2D eigenvalue weighted by atomic mass is 10.2. The van der Waals surface area contributed by atoms with Crippen molar-refractivity contribution in [2.24, 2.45) is 20.5 Å². The monoisotopic (exact) mass is 735 g/mol. The average molecular weight is 736 g/mol. The molecule has 0 aliphatic heterocycles. The molecule has 5 rings (SSSR count). The second-order valence-corrected chi connectivity index (χ2v) is 12.9. The summed E-state index contributed by atoms with van der Waals surface area (Å²) in [6.07, 6.45) is 0. The first-order chi connectivity index (χ1) is 24.3. The summed E-state index contributed by atoms with van der Waals surface area (Å²) in [5.41, 5.74) is 2.37. The maximum Gasteiger partial charge on any atom is 0.320 e. The van der Waals surface area contributed by atoms with Crippen molar-refractivity contribution in [3.63, 3.8) is 0 Å². The number of nitrogens with one attached hydrogen (secondary N) is 2. The number of hydrogen-bond donors (Lipinski definition) is 5. The molecule has 0 aliphatic rings. The third kappa shape index (κ3) is 9.98. The SMILES string of the molecule is CCOc1cc(Nc2nc(O)nc(Nc3ccc(/N=N/c4ccc(S(=O)(=O)O)cc4)c(OCC)c3)n2)ccc1/N=N/c1ccc(S(=O)(=O)O)cc1. The fourth-order valence-corrected chi connectivity index (χ4v) is 5.18. The van der Waals surface area contributed by atoms with Crippen molar-refractivity contribution < 1.29 is 40.5 Å².